The van der Waals surface area contributed by atoms with Crippen LogP contribution < -0.4 is 5.32 Å². The van der Waals surface area contributed by atoms with E-state index in [4.69, 9.17) is 11.6 Å². The highest BCUT2D eigenvalue weighted by molar-refractivity contribution is 9.10. The van der Waals surface area contributed by atoms with E-state index in [1.54, 1.807) is 6.07 Å². The second-order valence-corrected chi connectivity index (χ2v) is 5.48. The topological polar surface area (TPSA) is 29.1 Å². The van der Waals surface area contributed by atoms with Crippen molar-refractivity contribution in [3.63, 3.8) is 0 Å². The van der Waals surface area contributed by atoms with Crippen molar-refractivity contribution < 1.29 is 4.79 Å². The minimum absolute atomic E-state index is 0.0481. The Hall–Kier alpha value is -0.540. The fraction of sp³-hybridized carbons (Fsp3) is 0.417. The number of halogens is 2. The molecule has 0 saturated heterocycles. The number of benzene rings is 1. The zero-order valence-corrected chi connectivity index (χ0v) is 11.1. The lowest BCUT2D eigenvalue weighted by Crippen LogP contribution is -2.27. The van der Waals surface area contributed by atoms with E-state index in [0.29, 0.717) is 17.4 Å². The summed E-state index contributed by atoms with van der Waals surface area (Å²) in [5, 5.41) is 3.57. The Morgan fingerprint density at radius 1 is 1.50 bits per heavy atom. The summed E-state index contributed by atoms with van der Waals surface area (Å²) in [5.74, 6) is 0.758. The third-order valence-electron chi connectivity index (χ3n) is 2.64. The molecule has 2 rings (SSSR count). The van der Waals surface area contributed by atoms with Gasteiger partial charge in [-0.1, -0.05) is 27.5 Å². The fourth-order valence-electron chi connectivity index (χ4n) is 1.49. The zero-order chi connectivity index (χ0) is 11.5. The maximum Gasteiger partial charge on any atom is 0.224 e. The van der Waals surface area contributed by atoms with E-state index >= 15 is 0 Å². The molecule has 2 nitrogen and oxygen atoms in total. The molecule has 1 aromatic rings. The van der Waals surface area contributed by atoms with Crippen LogP contribution in [0.4, 0.5) is 0 Å². The van der Waals surface area contributed by atoms with Crippen molar-refractivity contribution >= 4 is 33.4 Å². The van der Waals surface area contributed by atoms with Crippen molar-refractivity contribution in [2.45, 2.75) is 19.3 Å². The smallest absolute Gasteiger partial charge is 0.224 e. The van der Waals surface area contributed by atoms with E-state index in [0.717, 1.165) is 16.6 Å². The van der Waals surface area contributed by atoms with Gasteiger partial charge in [0.25, 0.3) is 0 Å². The fourth-order valence-corrected chi connectivity index (χ4v) is 2.09. The first-order valence-electron chi connectivity index (χ1n) is 5.36. The second kappa shape index (κ2) is 5.19. The Morgan fingerprint density at radius 3 is 2.94 bits per heavy atom. The van der Waals surface area contributed by atoms with Crippen LogP contribution in [0.15, 0.2) is 22.7 Å². The first-order chi connectivity index (χ1) is 7.65. The summed E-state index contributed by atoms with van der Waals surface area (Å²) >= 11 is 9.38. The van der Waals surface area contributed by atoms with Crippen molar-refractivity contribution in [1.82, 2.24) is 5.32 Å². The number of hydrogen-bond donors (Lipinski definition) is 1. The van der Waals surface area contributed by atoms with Crippen molar-refractivity contribution in [2.75, 3.05) is 6.54 Å². The maximum absolute atomic E-state index is 11.6. The highest BCUT2D eigenvalue weighted by atomic mass is 79.9. The third kappa shape index (κ3) is 3.49. The average Bonchev–Trinajstić information content (AvgIpc) is 3.04. The molecule has 16 heavy (non-hydrogen) atoms. The van der Waals surface area contributed by atoms with Gasteiger partial charge in [-0.15, -0.1) is 0 Å². The lowest BCUT2D eigenvalue weighted by Gasteiger charge is -2.06. The molecule has 0 atom stereocenters. The number of nitrogens with one attached hydrogen (secondary N) is 1. The van der Waals surface area contributed by atoms with Gasteiger partial charge < -0.3 is 5.32 Å². The molecular weight excluding hydrogens is 289 g/mol. The van der Waals surface area contributed by atoms with E-state index < -0.39 is 0 Å². The summed E-state index contributed by atoms with van der Waals surface area (Å²) in [7, 11) is 0. The van der Waals surface area contributed by atoms with Crippen molar-refractivity contribution in [3.8, 4) is 0 Å². The second-order valence-electron chi connectivity index (χ2n) is 4.16. The number of amides is 1. The number of rotatable bonds is 4. The van der Waals surface area contributed by atoms with E-state index in [1.165, 1.54) is 12.8 Å². The molecule has 0 unspecified atom stereocenters. The Morgan fingerprint density at radius 2 is 2.25 bits per heavy atom. The zero-order valence-electron chi connectivity index (χ0n) is 8.80. The highest BCUT2D eigenvalue weighted by Crippen LogP contribution is 2.27. The van der Waals surface area contributed by atoms with Crippen LogP contribution in [-0.2, 0) is 11.2 Å². The number of hydrogen-bond acceptors (Lipinski definition) is 1. The van der Waals surface area contributed by atoms with E-state index in [-0.39, 0.29) is 5.91 Å². The van der Waals surface area contributed by atoms with E-state index in [2.05, 4.69) is 21.2 Å². The Labute approximate surface area is 108 Å². The molecule has 1 saturated carbocycles. The Bertz CT molecular complexity index is 404. The normalized spacial score (nSPS) is 14.9. The van der Waals surface area contributed by atoms with Crippen LogP contribution in [0.5, 0.6) is 0 Å². The van der Waals surface area contributed by atoms with E-state index in [9.17, 15) is 4.79 Å². The molecular formula is C12H13BrClNO. The van der Waals surface area contributed by atoms with Gasteiger partial charge in [0.2, 0.25) is 5.91 Å². The molecule has 1 fully saturated rings. The molecule has 1 aromatic carbocycles. The predicted molar refractivity (Wildman–Crippen MR) is 68.6 cm³/mol. The van der Waals surface area contributed by atoms with Crippen LogP contribution in [0.3, 0.4) is 0 Å². The molecule has 1 N–H and O–H groups in total. The van der Waals surface area contributed by atoms with Crippen LogP contribution in [0.25, 0.3) is 0 Å². The first-order valence-corrected chi connectivity index (χ1v) is 6.53. The van der Waals surface area contributed by atoms with Crippen LogP contribution in [0.1, 0.15) is 18.4 Å². The summed E-state index contributed by atoms with van der Waals surface area (Å²) < 4.78 is 0.946. The minimum Gasteiger partial charge on any atom is -0.356 e. The highest BCUT2D eigenvalue weighted by Gasteiger charge is 2.21. The summed E-state index contributed by atoms with van der Waals surface area (Å²) in [6.45, 7) is 0.810. The lowest BCUT2D eigenvalue weighted by atomic mass is 10.1. The molecule has 0 heterocycles. The predicted octanol–water partition coefficient (Wildman–Crippen LogP) is 3.17. The van der Waals surface area contributed by atoms with Gasteiger partial charge in [0.05, 0.1) is 6.42 Å². The monoisotopic (exact) mass is 301 g/mol. The first kappa shape index (κ1) is 11.9. The summed E-state index contributed by atoms with van der Waals surface area (Å²) in [5.41, 5.74) is 0.865. The van der Waals surface area contributed by atoms with Gasteiger partial charge in [-0.3, -0.25) is 4.79 Å². The molecule has 0 aromatic heterocycles. The van der Waals surface area contributed by atoms with Crippen LogP contribution >= 0.6 is 27.5 Å². The molecule has 86 valence electrons. The maximum atomic E-state index is 11.6. The van der Waals surface area contributed by atoms with Gasteiger partial charge in [0.15, 0.2) is 0 Å². The van der Waals surface area contributed by atoms with Gasteiger partial charge in [0, 0.05) is 16.0 Å². The lowest BCUT2D eigenvalue weighted by molar-refractivity contribution is -0.120. The van der Waals surface area contributed by atoms with Gasteiger partial charge in [-0.05, 0) is 42.5 Å². The Kier molecular flexibility index (Phi) is 3.87. The molecule has 1 aliphatic carbocycles. The summed E-state index contributed by atoms with van der Waals surface area (Å²) in [4.78, 5) is 11.6. The molecule has 0 bridgehead atoms. The molecule has 1 amide bonds. The van der Waals surface area contributed by atoms with E-state index in [1.807, 2.05) is 12.1 Å². The largest absolute Gasteiger partial charge is 0.356 e. The number of carbonyl (C=O) groups is 1. The third-order valence-corrected chi connectivity index (χ3v) is 3.51. The molecule has 1 aliphatic rings. The van der Waals surface area contributed by atoms with Gasteiger partial charge >= 0.3 is 0 Å². The van der Waals surface area contributed by atoms with Crippen LogP contribution in [0.2, 0.25) is 5.02 Å². The van der Waals surface area contributed by atoms with Gasteiger partial charge in [-0.2, -0.15) is 0 Å². The molecule has 0 radical (unpaired) electrons. The summed E-state index contributed by atoms with van der Waals surface area (Å²) in [6.07, 6.45) is 2.85. The van der Waals surface area contributed by atoms with Crippen molar-refractivity contribution in [2.24, 2.45) is 5.92 Å². The number of carbonyl (C=O) groups excluding carboxylic acids is 1. The SMILES string of the molecule is O=C(Cc1cc(Br)ccc1Cl)NCC1CC1. The van der Waals surface area contributed by atoms with Crippen LogP contribution in [0, 0.1) is 5.92 Å². The van der Waals surface area contributed by atoms with Gasteiger partial charge in [-0.25, -0.2) is 0 Å². The van der Waals surface area contributed by atoms with Crippen molar-refractivity contribution in [3.05, 3.63) is 33.3 Å². The van der Waals surface area contributed by atoms with Crippen molar-refractivity contribution in [1.29, 1.82) is 0 Å². The minimum atomic E-state index is 0.0481. The molecule has 0 spiro atoms. The standard InChI is InChI=1S/C12H13BrClNO/c13-10-3-4-11(14)9(5-10)6-12(16)15-7-8-1-2-8/h3-5,8H,1-2,6-7H2,(H,15,16). The molecule has 0 aliphatic heterocycles. The van der Waals surface area contributed by atoms with Crippen LogP contribution in [-0.4, -0.2) is 12.5 Å². The summed E-state index contributed by atoms with van der Waals surface area (Å²) in [6, 6.07) is 5.56. The molecule has 4 heteroatoms. The Balaban J connectivity index is 1.91. The van der Waals surface area contributed by atoms with Gasteiger partial charge in [0.1, 0.15) is 0 Å². The quantitative estimate of drug-likeness (QED) is 0.909. The average molecular weight is 303 g/mol.